The highest BCUT2D eigenvalue weighted by Gasteiger charge is 2.09. The molecule has 0 amide bonds. The van der Waals surface area contributed by atoms with E-state index in [9.17, 15) is 0 Å². The molecule has 3 aromatic rings. The van der Waals surface area contributed by atoms with Crippen molar-refractivity contribution in [3.8, 4) is 11.6 Å². The number of benzene rings is 1. The summed E-state index contributed by atoms with van der Waals surface area (Å²) in [4.78, 5) is 7.81. The van der Waals surface area contributed by atoms with Gasteiger partial charge in [0.15, 0.2) is 11.6 Å². The Morgan fingerprint density at radius 3 is 2.69 bits per heavy atom. The van der Waals surface area contributed by atoms with Crippen LogP contribution in [-0.2, 0) is 0 Å². The van der Waals surface area contributed by atoms with Gasteiger partial charge in [-0.25, -0.2) is 4.98 Å². The molecule has 0 unspecified atom stereocenters. The number of fused-ring (bicyclic) bond motifs is 1. The lowest BCUT2D eigenvalue weighted by molar-refractivity contribution is 0.545. The summed E-state index contributed by atoms with van der Waals surface area (Å²) in [5.74, 6) is 2.47. The summed E-state index contributed by atoms with van der Waals surface area (Å²) >= 11 is 0. The highest BCUT2D eigenvalue weighted by atomic mass is 16.3. The maximum absolute atomic E-state index is 5.55. The Kier molecular flexibility index (Phi) is 1.86. The third kappa shape index (κ3) is 1.33. The highest BCUT2D eigenvalue weighted by molar-refractivity contribution is 5.81. The number of aromatic nitrogens is 2. The third-order valence-electron chi connectivity index (χ3n) is 2.69. The average molecular weight is 212 g/mol. The Labute approximate surface area is 93.1 Å². The maximum atomic E-state index is 5.55. The molecule has 80 valence electrons. The molecule has 0 saturated heterocycles. The van der Waals surface area contributed by atoms with Gasteiger partial charge in [0.1, 0.15) is 5.76 Å². The molecule has 0 atom stereocenters. The summed E-state index contributed by atoms with van der Waals surface area (Å²) in [6, 6.07) is 9.97. The van der Waals surface area contributed by atoms with E-state index in [1.165, 1.54) is 5.56 Å². The van der Waals surface area contributed by atoms with Crippen LogP contribution < -0.4 is 0 Å². The van der Waals surface area contributed by atoms with Gasteiger partial charge >= 0.3 is 0 Å². The summed E-state index contributed by atoms with van der Waals surface area (Å²) in [7, 11) is 0. The van der Waals surface area contributed by atoms with Crippen LogP contribution in [0, 0.1) is 13.8 Å². The fraction of sp³-hybridized carbons (Fsp3) is 0.154. The number of aryl methyl sites for hydroxylation is 2. The Bertz CT molecular complexity index is 649. The number of hydrogen-bond donors (Lipinski definition) is 1. The predicted octanol–water partition coefficient (Wildman–Crippen LogP) is 3.44. The van der Waals surface area contributed by atoms with Gasteiger partial charge in [0.25, 0.3) is 0 Å². The first-order valence-electron chi connectivity index (χ1n) is 5.26. The number of furan rings is 1. The van der Waals surface area contributed by atoms with E-state index in [1.807, 2.05) is 31.2 Å². The van der Waals surface area contributed by atoms with Gasteiger partial charge in [-0.05, 0) is 37.6 Å². The summed E-state index contributed by atoms with van der Waals surface area (Å²) in [5.41, 5.74) is 3.22. The molecule has 3 rings (SSSR count). The first kappa shape index (κ1) is 9.21. The minimum absolute atomic E-state index is 0.785. The van der Waals surface area contributed by atoms with E-state index in [-0.39, 0.29) is 0 Å². The predicted molar refractivity (Wildman–Crippen MR) is 63.3 cm³/mol. The normalized spacial score (nSPS) is 11.1. The van der Waals surface area contributed by atoms with Gasteiger partial charge < -0.3 is 9.40 Å². The number of hydrogen-bond acceptors (Lipinski definition) is 2. The molecule has 0 saturated carbocycles. The van der Waals surface area contributed by atoms with Crippen molar-refractivity contribution in [3.05, 3.63) is 41.7 Å². The molecule has 1 aromatic carbocycles. The Morgan fingerprint density at radius 2 is 2.00 bits per heavy atom. The Balaban J connectivity index is 2.22. The molecule has 0 bridgehead atoms. The zero-order valence-electron chi connectivity index (χ0n) is 9.24. The lowest BCUT2D eigenvalue weighted by Crippen LogP contribution is -1.75. The van der Waals surface area contributed by atoms with Gasteiger partial charge in [-0.3, -0.25) is 0 Å². The zero-order chi connectivity index (χ0) is 11.1. The van der Waals surface area contributed by atoms with E-state index in [0.717, 1.165) is 28.4 Å². The van der Waals surface area contributed by atoms with Crippen LogP contribution in [0.5, 0.6) is 0 Å². The first-order chi connectivity index (χ1) is 7.74. The SMILES string of the molecule is Cc1ccc(-c2nc3c(C)cccc3[nH]2)o1. The third-order valence-corrected chi connectivity index (χ3v) is 2.69. The van der Waals surface area contributed by atoms with Crippen molar-refractivity contribution in [1.82, 2.24) is 9.97 Å². The van der Waals surface area contributed by atoms with Crippen molar-refractivity contribution in [2.75, 3.05) is 0 Å². The molecule has 0 spiro atoms. The number of para-hydroxylation sites is 1. The van der Waals surface area contributed by atoms with Crippen molar-refractivity contribution >= 4 is 11.0 Å². The summed E-state index contributed by atoms with van der Waals surface area (Å²) < 4.78 is 5.55. The monoisotopic (exact) mass is 212 g/mol. The molecule has 0 fully saturated rings. The quantitative estimate of drug-likeness (QED) is 0.671. The van der Waals surface area contributed by atoms with E-state index in [4.69, 9.17) is 4.42 Å². The van der Waals surface area contributed by atoms with Crippen molar-refractivity contribution in [2.45, 2.75) is 13.8 Å². The van der Waals surface area contributed by atoms with Crippen molar-refractivity contribution in [1.29, 1.82) is 0 Å². The van der Waals surface area contributed by atoms with Crippen LogP contribution >= 0.6 is 0 Å². The minimum atomic E-state index is 0.785. The van der Waals surface area contributed by atoms with E-state index < -0.39 is 0 Å². The summed E-state index contributed by atoms with van der Waals surface area (Å²) in [6.07, 6.45) is 0. The molecule has 1 N–H and O–H groups in total. The number of rotatable bonds is 1. The summed E-state index contributed by atoms with van der Waals surface area (Å²) in [6.45, 7) is 3.98. The lowest BCUT2D eigenvalue weighted by Gasteiger charge is -1.90. The lowest BCUT2D eigenvalue weighted by atomic mass is 10.2. The second-order valence-electron chi connectivity index (χ2n) is 3.97. The van der Waals surface area contributed by atoms with Gasteiger partial charge in [0, 0.05) is 0 Å². The van der Waals surface area contributed by atoms with Crippen LogP contribution in [0.25, 0.3) is 22.6 Å². The van der Waals surface area contributed by atoms with Crippen LogP contribution in [-0.4, -0.2) is 9.97 Å². The number of imidazole rings is 1. The van der Waals surface area contributed by atoms with Crippen LogP contribution in [0.3, 0.4) is 0 Å². The molecular formula is C13H12N2O. The average Bonchev–Trinajstić information content (AvgIpc) is 2.84. The van der Waals surface area contributed by atoms with Crippen LogP contribution in [0.2, 0.25) is 0 Å². The molecular weight excluding hydrogens is 200 g/mol. The van der Waals surface area contributed by atoms with E-state index in [1.54, 1.807) is 0 Å². The second-order valence-corrected chi connectivity index (χ2v) is 3.97. The smallest absolute Gasteiger partial charge is 0.174 e. The van der Waals surface area contributed by atoms with Gasteiger partial charge in [-0.2, -0.15) is 0 Å². The van der Waals surface area contributed by atoms with E-state index in [2.05, 4.69) is 23.0 Å². The number of H-pyrrole nitrogens is 1. The minimum Gasteiger partial charge on any atom is -0.458 e. The molecule has 16 heavy (non-hydrogen) atoms. The molecule has 0 aliphatic carbocycles. The maximum Gasteiger partial charge on any atom is 0.174 e. The van der Waals surface area contributed by atoms with Crippen LogP contribution in [0.4, 0.5) is 0 Å². The molecule has 0 aliphatic heterocycles. The van der Waals surface area contributed by atoms with Crippen molar-refractivity contribution in [2.24, 2.45) is 0 Å². The standard InChI is InChI=1S/C13H12N2O/c1-8-4-3-5-10-12(8)15-13(14-10)11-7-6-9(2)16-11/h3-7H,1-2H3,(H,14,15). The van der Waals surface area contributed by atoms with Gasteiger partial charge in [0.2, 0.25) is 0 Å². The topological polar surface area (TPSA) is 41.8 Å². The molecule has 3 heteroatoms. The van der Waals surface area contributed by atoms with Gasteiger partial charge in [-0.1, -0.05) is 12.1 Å². The van der Waals surface area contributed by atoms with Gasteiger partial charge in [0.05, 0.1) is 11.0 Å². The van der Waals surface area contributed by atoms with Crippen molar-refractivity contribution < 1.29 is 4.42 Å². The Hall–Kier alpha value is -2.03. The molecule has 3 nitrogen and oxygen atoms in total. The molecule has 2 heterocycles. The van der Waals surface area contributed by atoms with E-state index in [0.29, 0.717) is 0 Å². The summed E-state index contributed by atoms with van der Waals surface area (Å²) in [5, 5.41) is 0. The van der Waals surface area contributed by atoms with Crippen molar-refractivity contribution in [3.63, 3.8) is 0 Å². The zero-order valence-corrected chi connectivity index (χ0v) is 9.24. The number of nitrogens with one attached hydrogen (secondary N) is 1. The highest BCUT2D eigenvalue weighted by Crippen LogP contribution is 2.23. The molecule has 0 radical (unpaired) electrons. The fourth-order valence-corrected chi connectivity index (χ4v) is 1.85. The fourth-order valence-electron chi connectivity index (χ4n) is 1.85. The molecule has 2 aromatic heterocycles. The first-order valence-corrected chi connectivity index (χ1v) is 5.26. The Morgan fingerprint density at radius 1 is 1.12 bits per heavy atom. The van der Waals surface area contributed by atoms with Gasteiger partial charge in [-0.15, -0.1) is 0 Å². The largest absolute Gasteiger partial charge is 0.458 e. The number of aromatic amines is 1. The molecule has 0 aliphatic rings. The van der Waals surface area contributed by atoms with Crippen LogP contribution in [0.1, 0.15) is 11.3 Å². The number of nitrogens with zero attached hydrogens (tertiary/aromatic N) is 1. The second kappa shape index (κ2) is 3.23. The van der Waals surface area contributed by atoms with Crippen LogP contribution in [0.15, 0.2) is 34.7 Å². The van der Waals surface area contributed by atoms with E-state index >= 15 is 0 Å².